The molecular formula is C26H28N2O4. The smallest absolute Gasteiger partial charge is 0.243 e. The molecule has 0 aliphatic heterocycles. The van der Waals surface area contributed by atoms with Crippen molar-refractivity contribution in [2.24, 2.45) is 0 Å². The highest BCUT2D eigenvalue weighted by molar-refractivity contribution is 5.95. The molecule has 6 nitrogen and oxygen atoms in total. The molecule has 0 aliphatic carbocycles. The van der Waals surface area contributed by atoms with E-state index in [4.69, 9.17) is 14.2 Å². The van der Waals surface area contributed by atoms with Gasteiger partial charge in [0.25, 0.3) is 0 Å². The Kier molecular flexibility index (Phi) is 8.57. The quantitative estimate of drug-likeness (QED) is 0.306. The van der Waals surface area contributed by atoms with Crippen LogP contribution in [0, 0.1) is 0 Å². The van der Waals surface area contributed by atoms with Gasteiger partial charge < -0.3 is 24.8 Å². The first-order valence-corrected chi connectivity index (χ1v) is 10.4. The van der Waals surface area contributed by atoms with Gasteiger partial charge in [-0.05, 0) is 48.9 Å². The minimum absolute atomic E-state index is 0.0822. The minimum Gasteiger partial charge on any atom is -0.490 e. The number of rotatable bonds is 12. The molecule has 0 radical (unpaired) electrons. The van der Waals surface area contributed by atoms with Crippen LogP contribution in [-0.2, 0) is 4.79 Å². The molecule has 32 heavy (non-hydrogen) atoms. The van der Waals surface area contributed by atoms with Crippen LogP contribution in [-0.4, -0.2) is 32.3 Å². The third-order valence-corrected chi connectivity index (χ3v) is 4.31. The fraction of sp³-hybridized carbons (Fsp3) is 0.192. The largest absolute Gasteiger partial charge is 0.490 e. The minimum atomic E-state index is -0.198. The van der Waals surface area contributed by atoms with Crippen molar-refractivity contribution in [3.63, 3.8) is 0 Å². The molecule has 3 aromatic rings. The van der Waals surface area contributed by atoms with Gasteiger partial charge in [0, 0.05) is 0 Å². The number of nitrogens with one attached hydrogen (secondary N) is 2. The average molecular weight is 433 g/mol. The molecule has 0 fully saturated rings. The van der Waals surface area contributed by atoms with Crippen LogP contribution in [0.4, 0.5) is 11.4 Å². The Morgan fingerprint density at radius 1 is 0.781 bits per heavy atom. The van der Waals surface area contributed by atoms with Gasteiger partial charge in [0.15, 0.2) is 0 Å². The number of hydrogen-bond acceptors (Lipinski definition) is 5. The molecule has 2 N–H and O–H groups in total. The summed E-state index contributed by atoms with van der Waals surface area (Å²) in [5, 5.41) is 6.01. The van der Waals surface area contributed by atoms with Gasteiger partial charge in [0.2, 0.25) is 5.91 Å². The monoisotopic (exact) mass is 432 g/mol. The van der Waals surface area contributed by atoms with Gasteiger partial charge in [0.1, 0.15) is 37.1 Å². The first-order chi connectivity index (χ1) is 15.6. The topological polar surface area (TPSA) is 68.8 Å². The molecule has 0 bridgehead atoms. The summed E-state index contributed by atoms with van der Waals surface area (Å²) in [6.07, 6.45) is 0. The SMILES string of the molecule is C=C(C)COc1ccccc1NCC(=O)Nc1ccccc1OCCOc1ccccc1. The molecule has 0 atom stereocenters. The Hall–Kier alpha value is -3.93. The predicted octanol–water partition coefficient (Wildman–Crippen LogP) is 5.15. The van der Waals surface area contributed by atoms with Crippen LogP contribution >= 0.6 is 0 Å². The average Bonchev–Trinajstić information content (AvgIpc) is 2.81. The normalized spacial score (nSPS) is 10.2. The van der Waals surface area contributed by atoms with Crippen LogP contribution in [0.15, 0.2) is 91.0 Å². The summed E-state index contributed by atoms with van der Waals surface area (Å²) >= 11 is 0. The van der Waals surface area contributed by atoms with Crippen LogP contribution in [0.5, 0.6) is 17.2 Å². The molecule has 0 saturated carbocycles. The Morgan fingerprint density at radius 2 is 1.38 bits per heavy atom. The van der Waals surface area contributed by atoms with Gasteiger partial charge in [-0.15, -0.1) is 0 Å². The molecule has 3 aromatic carbocycles. The number of amides is 1. The summed E-state index contributed by atoms with van der Waals surface area (Å²) in [5.41, 5.74) is 2.26. The fourth-order valence-corrected chi connectivity index (χ4v) is 2.83. The maximum Gasteiger partial charge on any atom is 0.243 e. The lowest BCUT2D eigenvalue weighted by Gasteiger charge is -2.15. The predicted molar refractivity (Wildman–Crippen MR) is 128 cm³/mol. The lowest BCUT2D eigenvalue weighted by atomic mass is 10.2. The molecule has 0 heterocycles. The van der Waals surface area contributed by atoms with E-state index in [1.807, 2.05) is 79.7 Å². The second kappa shape index (κ2) is 12.1. The molecule has 166 valence electrons. The summed E-state index contributed by atoms with van der Waals surface area (Å²) in [4.78, 5) is 12.5. The van der Waals surface area contributed by atoms with Gasteiger partial charge in [-0.1, -0.05) is 49.0 Å². The van der Waals surface area contributed by atoms with E-state index in [-0.39, 0.29) is 12.5 Å². The third-order valence-electron chi connectivity index (χ3n) is 4.31. The van der Waals surface area contributed by atoms with Crippen LogP contribution in [0.3, 0.4) is 0 Å². The van der Waals surface area contributed by atoms with Crippen molar-refractivity contribution in [1.29, 1.82) is 0 Å². The molecule has 0 aliphatic rings. The van der Waals surface area contributed by atoms with E-state index in [0.29, 0.717) is 37.0 Å². The van der Waals surface area contributed by atoms with Gasteiger partial charge in [-0.25, -0.2) is 0 Å². The lowest BCUT2D eigenvalue weighted by Crippen LogP contribution is -2.22. The first kappa shape index (κ1) is 22.7. The zero-order valence-electron chi connectivity index (χ0n) is 18.2. The molecule has 6 heteroatoms. The molecule has 0 aromatic heterocycles. The third kappa shape index (κ3) is 7.40. The highest BCUT2D eigenvalue weighted by atomic mass is 16.5. The van der Waals surface area contributed by atoms with E-state index in [1.54, 1.807) is 6.07 Å². The van der Waals surface area contributed by atoms with Crippen molar-refractivity contribution >= 4 is 17.3 Å². The summed E-state index contributed by atoms with van der Waals surface area (Å²) in [6, 6.07) is 24.4. The molecule has 0 saturated heterocycles. The molecule has 1 amide bonds. The fourth-order valence-electron chi connectivity index (χ4n) is 2.83. The van der Waals surface area contributed by atoms with Crippen molar-refractivity contribution < 1.29 is 19.0 Å². The van der Waals surface area contributed by atoms with Crippen molar-refractivity contribution in [1.82, 2.24) is 0 Å². The second-order valence-corrected chi connectivity index (χ2v) is 7.15. The summed E-state index contributed by atoms with van der Waals surface area (Å²) in [7, 11) is 0. The van der Waals surface area contributed by atoms with E-state index >= 15 is 0 Å². The van der Waals surface area contributed by atoms with E-state index in [0.717, 1.165) is 17.0 Å². The molecule has 0 unspecified atom stereocenters. The van der Waals surface area contributed by atoms with E-state index in [2.05, 4.69) is 17.2 Å². The van der Waals surface area contributed by atoms with Crippen LogP contribution in [0.25, 0.3) is 0 Å². The zero-order valence-corrected chi connectivity index (χ0v) is 18.2. The number of anilines is 2. The van der Waals surface area contributed by atoms with Crippen LogP contribution in [0.2, 0.25) is 0 Å². The Balaban J connectivity index is 1.50. The van der Waals surface area contributed by atoms with Crippen molar-refractivity contribution in [3.05, 3.63) is 91.0 Å². The standard InChI is InChI=1S/C26H28N2O4/c1-20(2)19-32-24-14-8-6-12-22(24)27-18-26(29)28-23-13-7-9-15-25(23)31-17-16-30-21-10-4-3-5-11-21/h3-15,27H,1,16-19H2,2H3,(H,28,29). The Bertz CT molecular complexity index is 1020. The van der Waals surface area contributed by atoms with E-state index < -0.39 is 0 Å². The number of benzene rings is 3. The van der Waals surface area contributed by atoms with Crippen molar-refractivity contribution in [2.45, 2.75) is 6.92 Å². The second-order valence-electron chi connectivity index (χ2n) is 7.15. The number of hydrogen-bond donors (Lipinski definition) is 2. The number of ether oxygens (including phenoxy) is 3. The maximum absolute atomic E-state index is 12.5. The number of para-hydroxylation sites is 5. The first-order valence-electron chi connectivity index (χ1n) is 10.4. The Labute approximate surface area is 188 Å². The highest BCUT2D eigenvalue weighted by Gasteiger charge is 2.09. The molecule has 3 rings (SSSR count). The lowest BCUT2D eigenvalue weighted by molar-refractivity contribution is -0.114. The van der Waals surface area contributed by atoms with E-state index in [1.165, 1.54) is 0 Å². The summed E-state index contributed by atoms with van der Waals surface area (Å²) in [6.45, 7) is 7.00. The van der Waals surface area contributed by atoms with Gasteiger partial charge in [-0.2, -0.15) is 0 Å². The highest BCUT2D eigenvalue weighted by Crippen LogP contribution is 2.25. The maximum atomic E-state index is 12.5. The van der Waals surface area contributed by atoms with Gasteiger partial charge in [0.05, 0.1) is 17.9 Å². The van der Waals surface area contributed by atoms with Crippen molar-refractivity contribution in [2.75, 3.05) is 37.0 Å². The molecule has 0 spiro atoms. The number of carbonyl (C=O) groups is 1. The van der Waals surface area contributed by atoms with Crippen LogP contribution < -0.4 is 24.8 Å². The van der Waals surface area contributed by atoms with Gasteiger partial charge in [-0.3, -0.25) is 4.79 Å². The zero-order chi connectivity index (χ0) is 22.6. The number of carbonyl (C=O) groups excluding carboxylic acids is 1. The van der Waals surface area contributed by atoms with Crippen LogP contribution in [0.1, 0.15) is 6.92 Å². The Morgan fingerprint density at radius 3 is 2.09 bits per heavy atom. The van der Waals surface area contributed by atoms with E-state index in [9.17, 15) is 4.79 Å². The summed E-state index contributed by atoms with van der Waals surface area (Å²) in [5.74, 6) is 1.85. The molecular weight excluding hydrogens is 404 g/mol. The van der Waals surface area contributed by atoms with Gasteiger partial charge >= 0.3 is 0 Å². The van der Waals surface area contributed by atoms with Crippen molar-refractivity contribution in [3.8, 4) is 17.2 Å². The summed E-state index contributed by atoms with van der Waals surface area (Å²) < 4.78 is 17.2.